The Morgan fingerprint density at radius 1 is 1.22 bits per heavy atom. The Morgan fingerprint density at radius 2 is 2.00 bits per heavy atom. The molecule has 2 heterocycles. The number of aliphatic imine (C=N–C) groups is 1. The second-order valence-corrected chi connectivity index (χ2v) is 5.94. The van der Waals surface area contributed by atoms with Crippen molar-refractivity contribution in [1.29, 1.82) is 0 Å². The molecule has 0 aromatic heterocycles. The van der Waals surface area contributed by atoms with Crippen molar-refractivity contribution in [1.82, 2.24) is 15.5 Å². The molecule has 2 aliphatic heterocycles. The molecular weight excluding hydrogens is 292 g/mol. The fraction of sp³-hybridized carbons (Fsp3) is 0.588. The summed E-state index contributed by atoms with van der Waals surface area (Å²) in [7, 11) is 3.37. The van der Waals surface area contributed by atoms with Gasteiger partial charge in [0.25, 0.3) is 0 Å². The van der Waals surface area contributed by atoms with Crippen LogP contribution in [0, 0.1) is 0 Å². The van der Waals surface area contributed by atoms with Crippen LogP contribution in [0.2, 0.25) is 0 Å². The van der Waals surface area contributed by atoms with Crippen LogP contribution in [0.15, 0.2) is 17.1 Å². The lowest BCUT2D eigenvalue weighted by Gasteiger charge is -2.29. The topological polar surface area (TPSA) is 58.1 Å². The average molecular weight is 318 g/mol. The molecule has 0 saturated carbocycles. The molecule has 0 spiro atoms. The van der Waals surface area contributed by atoms with E-state index in [1.165, 1.54) is 11.1 Å². The van der Waals surface area contributed by atoms with Gasteiger partial charge in [-0.25, -0.2) is 0 Å². The molecule has 0 bridgehead atoms. The molecule has 6 heteroatoms. The van der Waals surface area contributed by atoms with Crippen molar-refractivity contribution in [3.05, 3.63) is 23.3 Å². The number of hydrogen-bond acceptors (Lipinski definition) is 6. The van der Waals surface area contributed by atoms with Crippen LogP contribution in [0.1, 0.15) is 17.5 Å². The number of benzene rings is 1. The average Bonchev–Trinajstić information content (AvgIpc) is 2.61. The smallest absolute Gasteiger partial charge is 0.191 e. The van der Waals surface area contributed by atoms with Gasteiger partial charge in [0.05, 0.1) is 14.2 Å². The minimum Gasteiger partial charge on any atom is -0.493 e. The Labute approximate surface area is 137 Å². The lowest BCUT2D eigenvalue weighted by Crippen LogP contribution is -2.44. The third kappa shape index (κ3) is 3.88. The van der Waals surface area contributed by atoms with E-state index in [1.54, 1.807) is 14.2 Å². The van der Waals surface area contributed by atoms with Gasteiger partial charge < -0.3 is 20.1 Å². The normalized spacial score (nSPS) is 17.7. The summed E-state index contributed by atoms with van der Waals surface area (Å²) in [6.45, 7) is 5.89. The Balaban J connectivity index is 1.56. The number of nitrogens with one attached hydrogen (secondary N) is 2. The SMILES string of the molecule is COc1cc2c(cc1OC)CN(CCNC1=NCCCN1)CC2. The predicted octanol–water partition coefficient (Wildman–Crippen LogP) is 1.00. The van der Waals surface area contributed by atoms with Gasteiger partial charge in [-0.3, -0.25) is 9.89 Å². The third-order valence-electron chi connectivity index (χ3n) is 4.41. The van der Waals surface area contributed by atoms with E-state index in [2.05, 4.69) is 32.7 Å². The summed E-state index contributed by atoms with van der Waals surface area (Å²) >= 11 is 0. The lowest BCUT2D eigenvalue weighted by molar-refractivity contribution is 0.256. The Morgan fingerprint density at radius 3 is 2.70 bits per heavy atom. The van der Waals surface area contributed by atoms with E-state index in [1.807, 2.05) is 0 Å². The number of hydrogen-bond donors (Lipinski definition) is 2. The fourth-order valence-electron chi connectivity index (χ4n) is 3.12. The molecule has 0 fully saturated rings. The molecule has 126 valence electrons. The highest BCUT2D eigenvalue weighted by atomic mass is 16.5. The number of methoxy groups -OCH3 is 2. The van der Waals surface area contributed by atoms with Gasteiger partial charge in [0.15, 0.2) is 17.5 Å². The zero-order valence-electron chi connectivity index (χ0n) is 14.0. The largest absolute Gasteiger partial charge is 0.493 e. The molecule has 1 aromatic rings. The van der Waals surface area contributed by atoms with E-state index < -0.39 is 0 Å². The van der Waals surface area contributed by atoms with Crippen molar-refractivity contribution in [2.75, 3.05) is 46.9 Å². The first-order valence-corrected chi connectivity index (χ1v) is 8.28. The van der Waals surface area contributed by atoms with E-state index in [0.717, 1.165) is 69.6 Å². The molecule has 0 aliphatic carbocycles. The molecule has 23 heavy (non-hydrogen) atoms. The zero-order valence-corrected chi connectivity index (χ0v) is 14.0. The van der Waals surface area contributed by atoms with E-state index >= 15 is 0 Å². The maximum absolute atomic E-state index is 5.42. The third-order valence-corrected chi connectivity index (χ3v) is 4.41. The summed E-state index contributed by atoms with van der Waals surface area (Å²) in [6, 6.07) is 4.23. The van der Waals surface area contributed by atoms with Gasteiger partial charge in [-0.15, -0.1) is 0 Å². The second-order valence-electron chi connectivity index (χ2n) is 5.94. The van der Waals surface area contributed by atoms with Crippen LogP contribution in [0.25, 0.3) is 0 Å². The van der Waals surface area contributed by atoms with E-state index in [9.17, 15) is 0 Å². The van der Waals surface area contributed by atoms with Gasteiger partial charge in [-0.2, -0.15) is 0 Å². The molecule has 0 unspecified atom stereocenters. The summed E-state index contributed by atoms with van der Waals surface area (Å²) in [6.07, 6.45) is 2.17. The molecule has 2 aliphatic rings. The summed E-state index contributed by atoms with van der Waals surface area (Å²) in [5.41, 5.74) is 2.70. The van der Waals surface area contributed by atoms with Crippen molar-refractivity contribution in [2.45, 2.75) is 19.4 Å². The number of fused-ring (bicyclic) bond motifs is 1. The van der Waals surface area contributed by atoms with Gasteiger partial charge in [-0.05, 0) is 36.1 Å². The maximum Gasteiger partial charge on any atom is 0.191 e. The molecule has 1 aromatic carbocycles. The minimum absolute atomic E-state index is 0.812. The molecule has 0 amide bonds. The molecule has 6 nitrogen and oxygen atoms in total. The number of guanidine groups is 1. The van der Waals surface area contributed by atoms with E-state index in [4.69, 9.17) is 9.47 Å². The number of nitrogens with zero attached hydrogens (tertiary/aromatic N) is 2. The van der Waals surface area contributed by atoms with Crippen molar-refractivity contribution in [3.8, 4) is 11.5 Å². The predicted molar refractivity (Wildman–Crippen MR) is 91.5 cm³/mol. The summed E-state index contributed by atoms with van der Waals surface area (Å²) < 4.78 is 10.8. The lowest BCUT2D eigenvalue weighted by atomic mass is 9.99. The van der Waals surface area contributed by atoms with Gasteiger partial charge >= 0.3 is 0 Å². The standard InChI is InChI=1S/C17H26N4O2/c1-22-15-10-13-4-8-21(12-14(13)11-16(15)23-2)9-7-20-17-18-5-3-6-19-17/h10-11H,3-9,12H2,1-2H3,(H2,18,19,20). The second kappa shape index (κ2) is 7.55. The molecule has 0 radical (unpaired) electrons. The molecular formula is C17H26N4O2. The van der Waals surface area contributed by atoms with Gasteiger partial charge in [-0.1, -0.05) is 0 Å². The number of rotatable bonds is 5. The van der Waals surface area contributed by atoms with Gasteiger partial charge in [0.2, 0.25) is 0 Å². The van der Waals surface area contributed by atoms with Crippen LogP contribution in [-0.2, 0) is 13.0 Å². The highest BCUT2D eigenvalue weighted by molar-refractivity contribution is 5.80. The Bertz CT molecular complexity index is 574. The van der Waals surface area contributed by atoms with Crippen LogP contribution >= 0.6 is 0 Å². The Kier molecular flexibility index (Phi) is 5.23. The van der Waals surface area contributed by atoms with E-state index in [0.29, 0.717) is 0 Å². The van der Waals surface area contributed by atoms with Crippen LogP contribution in [0.5, 0.6) is 11.5 Å². The number of ether oxygens (including phenoxy) is 2. The fourth-order valence-corrected chi connectivity index (χ4v) is 3.12. The molecule has 0 atom stereocenters. The highest BCUT2D eigenvalue weighted by Crippen LogP contribution is 2.33. The first kappa shape index (κ1) is 15.9. The minimum atomic E-state index is 0.812. The first-order valence-electron chi connectivity index (χ1n) is 8.28. The molecule has 3 rings (SSSR count). The quantitative estimate of drug-likeness (QED) is 0.848. The Hall–Kier alpha value is -1.95. The van der Waals surface area contributed by atoms with Gasteiger partial charge in [0, 0.05) is 39.3 Å². The van der Waals surface area contributed by atoms with Crippen LogP contribution < -0.4 is 20.1 Å². The van der Waals surface area contributed by atoms with Crippen molar-refractivity contribution < 1.29 is 9.47 Å². The van der Waals surface area contributed by atoms with Crippen molar-refractivity contribution in [2.24, 2.45) is 4.99 Å². The van der Waals surface area contributed by atoms with Crippen molar-refractivity contribution in [3.63, 3.8) is 0 Å². The summed E-state index contributed by atoms with van der Waals surface area (Å²) in [5.74, 6) is 2.58. The highest BCUT2D eigenvalue weighted by Gasteiger charge is 2.19. The summed E-state index contributed by atoms with van der Waals surface area (Å²) in [5, 5.41) is 6.68. The molecule has 0 saturated heterocycles. The van der Waals surface area contributed by atoms with E-state index in [-0.39, 0.29) is 0 Å². The van der Waals surface area contributed by atoms with Crippen molar-refractivity contribution >= 4 is 5.96 Å². The maximum atomic E-state index is 5.42. The summed E-state index contributed by atoms with van der Waals surface area (Å²) in [4.78, 5) is 6.90. The van der Waals surface area contributed by atoms with Gasteiger partial charge in [0.1, 0.15) is 0 Å². The molecule has 2 N–H and O–H groups in total. The van der Waals surface area contributed by atoms with Crippen LogP contribution in [-0.4, -0.2) is 57.8 Å². The zero-order chi connectivity index (χ0) is 16.1. The first-order chi connectivity index (χ1) is 11.3. The monoisotopic (exact) mass is 318 g/mol. The van der Waals surface area contributed by atoms with Crippen LogP contribution in [0.3, 0.4) is 0 Å². The van der Waals surface area contributed by atoms with Crippen LogP contribution in [0.4, 0.5) is 0 Å².